The molecule has 0 aliphatic carbocycles. The molecule has 2 rings (SSSR count). The van der Waals surface area contributed by atoms with Crippen LogP contribution in [0.5, 0.6) is 0 Å². The molecular formula is C14H15F3N2. The van der Waals surface area contributed by atoms with Gasteiger partial charge in [0.1, 0.15) is 6.07 Å². The number of nitriles is 1. The molecule has 2 nitrogen and oxygen atoms in total. The molecule has 1 saturated heterocycles. The first-order valence-corrected chi connectivity index (χ1v) is 6.25. The Bertz CT molecular complexity index is 494. The van der Waals surface area contributed by atoms with Crippen molar-refractivity contribution in [1.82, 2.24) is 0 Å². The Hall–Kier alpha value is -1.70. The molecular weight excluding hydrogens is 253 g/mol. The highest BCUT2D eigenvalue weighted by Crippen LogP contribution is 2.36. The van der Waals surface area contributed by atoms with Gasteiger partial charge in [-0.2, -0.15) is 18.4 Å². The summed E-state index contributed by atoms with van der Waals surface area (Å²) in [6.45, 7) is 2.58. The van der Waals surface area contributed by atoms with Crippen molar-refractivity contribution in [2.45, 2.75) is 25.9 Å². The van der Waals surface area contributed by atoms with Crippen LogP contribution in [0.4, 0.5) is 18.9 Å². The number of aryl methyl sites for hydroxylation is 1. The molecule has 1 fully saturated rings. The van der Waals surface area contributed by atoms with Crippen LogP contribution in [0.1, 0.15) is 24.0 Å². The van der Waals surface area contributed by atoms with E-state index in [-0.39, 0.29) is 12.8 Å². The van der Waals surface area contributed by atoms with Crippen molar-refractivity contribution in [3.8, 4) is 6.07 Å². The molecule has 0 amide bonds. The minimum Gasteiger partial charge on any atom is -0.370 e. The first-order chi connectivity index (χ1) is 8.93. The van der Waals surface area contributed by atoms with E-state index in [9.17, 15) is 13.2 Å². The number of alkyl halides is 3. The van der Waals surface area contributed by atoms with E-state index in [1.165, 1.54) is 0 Å². The first kappa shape index (κ1) is 13.7. The van der Waals surface area contributed by atoms with Crippen LogP contribution >= 0.6 is 0 Å². The zero-order valence-corrected chi connectivity index (χ0v) is 10.7. The molecule has 0 atom stereocenters. The highest BCUT2D eigenvalue weighted by atomic mass is 19.4. The minimum atomic E-state index is -4.10. The predicted molar refractivity (Wildman–Crippen MR) is 66.9 cm³/mol. The van der Waals surface area contributed by atoms with Gasteiger partial charge in [0.15, 0.2) is 0 Å². The summed E-state index contributed by atoms with van der Waals surface area (Å²) < 4.78 is 37.9. The smallest absolute Gasteiger partial charge is 0.370 e. The van der Waals surface area contributed by atoms with Gasteiger partial charge in [0.25, 0.3) is 0 Å². The van der Waals surface area contributed by atoms with Crippen molar-refractivity contribution < 1.29 is 13.2 Å². The summed E-state index contributed by atoms with van der Waals surface area (Å²) in [4.78, 5) is 1.90. The van der Waals surface area contributed by atoms with Crippen LogP contribution in [-0.2, 0) is 0 Å². The maximum Gasteiger partial charge on any atom is 0.391 e. The summed E-state index contributed by atoms with van der Waals surface area (Å²) in [6.07, 6.45) is -3.90. The fraction of sp³-hybridized carbons (Fsp3) is 0.500. The third-order valence-electron chi connectivity index (χ3n) is 3.63. The second-order valence-electron chi connectivity index (χ2n) is 4.89. The monoisotopic (exact) mass is 268 g/mol. The van der Waals surface area contributed by atoms with Crippen LogP contribution < -0.4 is 4.90 Å². The Labute approximate surface area is 110 Å². The molecule has 0 unspecified atom stereocenters. The average Bonchev–Trinajstić information content (AvgIpc) is 2.37. The first-order valence-electron chi connectivity index (χ1n) is 6.25. The molecule has 1 aromatic rings. The van der Waals surface area contributed by atoms with Gasteiger partial charge >= 0.3 is 6.18 Å². The third-order valence-corrected chi connectivity index (χ3v) is 3.63. The molecule has 1 aromatic carbocycles. The van der Waals surface area contributed by atoms with Crippen LogP contribution in [0.2, 0.25) is 0 Å². The SMILES string of the molecule is Cc1cccc(C#N)c1N1CCC(C(F)(F)F)CC1. The van der Waals surface area contributed by atoms with E-state index in [2.05, 4.69) is 6.07 Å². The zero-order chi connectivity index (χ0) is 14.0. The largest absolute Gasteiger partial charge is 0.391 e. The molecule has 0 N–H and O–H groups in total. The van der Waals surface area contributed by atoms with Gasteiger partial charge in [-0.3, -0.25) is 0 Å². The Balaban J connectivity index is 2.17. The Morgan fingerprint density at radius 2 is 1.89 bits per heavy atom. The van der Waals surface area contributed by atoms with Crippen molar-refractivity contribution >= 4 is 5.69 Å². The van der Waals surface area contributed by atoms with Gasteiger partial charge in [-0.1, -0.05) is 12.1 Å². The maximum absolute atomic E-state index is 12.6. The van der Waals surface area contributed by atoms with Gasteiger partial charge in [0.2, 0.25) is 0 Å². The average molecular weight is 268 g/mol. The Kier molecular flexibility index (Phi) is 3.70. The Morgan fingerprint density at radius 3 is 2.42 bits per heavy atom. The summed E-state index contributed by atoms with van der Waals surface area (Å²) in [5, 5.41) is 9.10. The molecule has 1 aliphatic rings. The van der Waals surface area contributed by atoms with E-state index in [0.29, 0.717) is 18.7 Å². The van der Waals surface area contributed by atoms with Gasteiger partial charge in [-0.05, 0) is 31.4 Å². The van der Waals surface area contributed by atoms with Crippen molar-refractivity contribution in [3.05, 3.63) is 29.3 Å². The van der Waals surface area contributed by atoms with Crippen molar-refractivity contribution in [1.29, 1.82) is 5.26 Å². The maximum atomic E-state index is 12.6. The van der Waals surface area contributed by atoms with E-state index < -0.39 is 12.1 Å². The second-order valence-corrected chi connectivity index (χ2v) is 4.89. The standard InChI is InChI=1S/C14H15F3N2/c1-10-3-2-4-11(9-18)13(10)19-7-5-12(6-8-19)14(15,16)17/h2-4,12H,5-8H2,1H3. The van der Waals surface area contributed by atoms with Crippen LogP contribution in [-0.4, -0.2) is 19.3 Å². The minimum absolute atomic E-state index is 0.0999. The molecule has 0 saturated carbocycles. The molecule has 5 heteroatoms. The van der Waals surface area contributed by atoms with E-state index in [1.54, 1.807) is 12.1 Å². The van der Waals surface area contributed by atoms with Crippen molar-refractivity contribution in [3.63, 3.8) is 0 Å². The lowest BCUT2D eigenvalue weighted by Crippen LogP contribution is -2.39. The predicted octanol–water partition coefficient (Wildman–Crippen LogP) is 3.65. The normalized spacial score (nSPS) is 17.3. The summed E-state index contributed by atoms with van der Waals surface area (Å²) in [5.41, 5.74) is 2.25. The number of piperidine rings is 1. The van der Waals surface area contributed by atoms with Crippen LogP contribution in [0.15, 0.2) is 18.2 Å². The Morgan fingerprint density at radius 1 is 1.26 bits per heavy atom. The quantitative estimate of drug-likeness (QED) is 0.777. The van der Waals surface area contributed by atoms with E-state index in [4.69, 9.17) is 5.26 Å². The summed E-state index contributed by atoms with van der Waals surface area (Å²) in [7, 11) is 0. The second kappa shape index (κ2) is 5.12. The lowest BCUT2D eigenvalue weighted by molar-refractivity contribution is -0.179. The summed E-state index contributed by atoms with van der Waals surface area (Å²) in [6, 6.07) is 7.49. The number of halogens is 3. The molecule has 102 valence electrons. The number of hydrogen-bond acceptors (Lipinski definition) is 2. The highest BCUT2D eigenvalue weighted by Gasteiger charge is 2.41. The topological polar surface area (TPSA) is 27.0 Å². The third kappa shape index (κ3) is 2.83. The van der Waals surface area contributed by atoms with E-state index in [0.717, 1.165) is 11.3 Å². The fourth-order valence-electron chi connectivity index (χ4n) is 2.60. The number of nitrogens with zero attached hydrogens (tertiary/aromatic N) is 2. The number of anilines is 1. The van der Waals surface area contributed by atoms with Crippen molar-refractivity contribution in [2.24, 2.45) is 5.92 Å². The van der Waals surface area contributed by atoms with Crippen molar-refractivity contribution in [2.75, 3.05) is 18.0 Å². The summed E-state index contributed by atoms with van der Waals surface area (Å²) >= 11 is 0. The molecule has 1 heterocycles. The van der Waals surface area contributed by atoms with Gasteiger partial charge in [0.05, 0.1) is 17.2 Å². The highest BCUT2D eigenvalue weighted by molar-refractivity contribution is 5.64. The van der Waals surface area contributed by atoms with Gasteiger partial charge < -0.3 is 4.90 Å². The molecule has 0 spiro atoms. The lowest BCUT2D eigenvalue weighted by atomic mass is 9.95. The van der Waals surface area contributed by atoms with Gasteiger partial charge in [0, 0.05) is 13.1 Å². The fourth-order valence-corrected chi connectivity index (χ4v) is 2.60. The van der Waals surface area contributed by atoms with Gasteiger partial charge in [-0.25, -0.2) is 0 Å². The van der Waals surface area contributed by atoms with E-state index in [1.807, 2.05) is 17.9 Å². The van der Waals surface area contributed by atoms with Gasteiger partial charge in [-0.15, -0.1) is 0 Å². The number of hydrogen-bond donors (Lipinski definition) is 0. The molecule has 0 radical (unpaired) electrons. The molecule has 0 aromatic heterocycles. The molecule has 19 heavy (non-hydrogen) atoms. The van der Waals surface area contributed by atoms with Crippen LogP contribution in [0.3, 0.4) is 0 Å². The lowest BCUT2D eigenvalue weighted by Gasteiger charge is -2.35. The number of para-hydroxylation sites is 1. The zero-order valence-electron chi connectivity index (χ0n) is 10.7. The number of benzene rings is 1. The van der Waals surface area contributed by atoms with Crippen LogP contribution in [0.25, 0.3) is 0 Å². The number of rotatable bonds is 1. The van der Waals surface area contributed by atoms with E-state index >= 15 is 0 Å². The molecule has 1 aliphatic heterocycles. The summed E-state index contributed by atoms with van der Waals surface area (Å²) in [5.74, 6) is -1.21. The van der Waals surface area contributed by atoms with Crippen LogP contribution in [0, 0.1) is 24.2 Å². The molecule has 0 bridgehead atoms.